The first-order chi connectivity index (χ1) is 8.13. The Kier molecular flexibility index (Phi) is 6.01. The lowest BCUT2D eigenvalue weighted by atomic mass is 10.1. The molecule has 0 aliphatic carbocycles. The third-order valence-corrected chi connectivity index (χ3v) is 2.60. The van der Waals surface area contributed by atoms with Crippen LogP contribution in [0.15, 0.2) is 18.2 Å². The SMILES string of the molecule is CCOc1ccc(CCNCC(C)N)cc1C. The molecule has 0 saturated heterocycles. The molecule has 0 fully saturated rings. The van der Waals surface area contributed by atoms with Crippen molar-refractivity contribution in [3.05, 3.63) is 29.3 Å². The molecule has 0 aliphatic rings. The smallest absolute Gasteiger partial charge is 0.122 e. The Morgan fingerprint density at radius 3 is 2.76 bits per heavy atom. The second kappa shape index (κ2) is 7.30. The van der Waals surface area contributed by atoms with E-state index >= 15 is 0 Å². The topological polar surface area (TPSA) is 47.3 Å². The van der Waals surface area contributed by atoms with E-state index in [0.717, 1.165) is 31.9 Å². The lowest BCUT2D eigenvalue weighted by Gasteiger charge is -2.10. The fourth-order valence-corrected chi connectivity index (χ4v) is 1.75. The van der Waals surface area contributed by atoms with Crippen LogP contribution in [0.1, 0.15) is 25.0 Å². The van der Waals surface area contributed by atoms with Gasteiger partial charge in [0, 0.05) is 12.6 Å². The summed E-state index contributed by atoms with van der Waals surface area (Å²) in [6, 6.07) is 6.60. The van der Waals surface area contributed by atoms with Gasteiger partial charge >= 0.3 is 0 Å². The molecule has 1 unspecified atom stereocenters. The van der Waals surface area contributed by atoms with Crippen LogP contribution in [0.5, 0.6) is 5.75 Å². The Morgan fingerprint density at radius 1 is 1.41 bits per heavy atom. The Balaban J connectivity index is 2.41. The van der Waals surface area contributed by atoms with Crippen LogP contribution in [0.25, 0.3) is 0 Å². The summed E-state index contributed by atoms with van der Waals surface area (Å²) in [6.45, 7) is 8.66. The zero-order valence-electron chi connectivity index (χ0n) is 11.1. The highest BCUT2D eigenvalue weighted by Gasteiger charge is 2.01. The number of nitrogens with two attached hydrogens (primary N) is 1. The van der Waals surface area contributed by atoms with E-state index in [2.05, 4.69) is 30.4 Å². The number of rotatable bonds is 7. The van der Waals surface area contributed by atoms with Gasteiger partial charge in [0.1, 0.15) is 5.75 Å². The highest BCUT2D eigenvalue weighted by Crippen LogP contribution is 2.19. The molecule has 0 aliphatic heterocycles. The number of hydrogen-bond acceptors (Lipinski definition) is 3. The average molecular weight is 236 g/mol. The van der Waals surface area contributed by atoms with Gasteiger partial charge in [-0.3, -0.25) is 0 Å². The zero-order chi connectivity index (χ0) is 12.7. The van der Waals surface area contributed by atoms with Crippen LogP contribution < -0.4 is 15.8 Å². The molecule has 0 heterocycles. The third kappa shape index (κ3) is 5.20. The average Bonchev–Trinajstić information content (AvgIpc) is 2.28. The first-order valence-corrected chi connectivity index (χ1v) is 6.32. The normalized spacial score (nSPS) is 12.5. The summed E-state index contributed by atoms with van der Waals surface area (Å²) < 4.78 is 5.52. The maximum atomic E-state index is 5.67. The summed E-state index contributed by atoms with van der Waals surface area (Å²) in [5, 5.41) is 3.34. The van der Waals surface area contributed by atoms with E-state index in [1.54, 1.807) is 0 Å². The Hall–Kier alpha value is -1.06. The van der Waals surface area contributed by atoms with Gasteiger partial charge in [-0.15, -0.1) is 0 Å². The van der Waals surface area contributed by atoms with E-state index in [4.69, 9.17) is 10.5 Å². The molecule has 96 valence electrons. The molecular weight excluding hydrogens is 212 g/mol. The molecule has 3 N–H and O–H groups in total. The lowest BCUT2D eigenvalue weighted by Crippen LogP contribution is -2.32. The second-order valence-corrected chi connectivity index (χ2v) is 4.46. The summed E-state index contributed by atoms with van der Waals surface area (Å²) >= 11 is 0. The van der Waals surface area contributed by atoms with Crippen LogP contribution in [-0.4, -0.2) is 25.7 Å². The molecule has 0 bridgehead atoms. The number of aryl methyl sites for hydroxylation is 1. The number of benzene rings is 1. The summed E-state index contributed by atoms with van der Waals surface area (Å²) in [6.07, 6.45) is 1.03. The maximum absolute atomic E-state index is 5.67. The van der Waals surface area contributed by atoms with Crippen LogP contribution in [0.3, 0.4) is 0 Å². The fourth-order valence-electron chi connectivity index (χ4n) is 1.75. The first-order valence-electron chi connectivity index (χ1n) is 6.32. The Labute approximate surface area is 104 Å². The monoisotopic (exact) mass is 236 g/mol. The molecule has 1 rings (SSSR count). The number of ether oxygens (including phenoxy) is 1. The van der Waals surface area contributed by atoms with Crippen molar-refractivity contribution in [2.75, 3.05) is 19.7 Å². The molecule has 0 aromatic heterocycles. The maximum Gasteiger partial charge on any atom is 0.122 e. The second-order valence-electron chi connectivity index (χ2n) is 4.46. The van der Waals surface area contributed by atoms with Crippen molar-refractivity contribution in [3.63, 3.8) is 0 Å². The number of nitrogens with one attached hydrogen (secondary N) is 1. The van der Waals surface area contributed by atoms with Crippen LogP contribution >= 0.6 is 0 Å². The van der Waals surface area contributed by atoms with Crippen molar-refractivity contribution < 1.29 is 4.74 Å². The van der Waals surface area contributed by atoms with Gasteiger partial charge in [0.25, 0.3) is 0 Å². The van der Waals surface area contributed by atoms with Crippen molar-refractivity contribution >= 4 is 0 Å². The Morgan fingerprint density at radius 2 is 2.18 bits per heavy atom. The van der Waals surface area contributed by atoms with Crippen molar-refractivity contribution in [1.82, 2.24) is 5.32 Å². The molecule has 1 aromatic carbocycles. The number of hydrogen-bond donors (Lipinski definition) is 2. The highest BCUT2D eigenvalue weighted by atomic mass is 16.5. The van der Waals surface area contributed by atoms with Crippen LogP contribution in [0, 0.1) is 6.92 Å². The van der Waals surface area contributed by atoms with E-state index in [9.17, 15) is 0 Å². The van der Waals surface area contributed by atoms with E-state index in [1.807, 2.05) is 13.8 Å². The lowest BCUT2D eigenvalue weighted by molar-refractivity contribution is 0.338. The van der Waals surface area contributed by atoms with E-state index in [0.29, 0.717) is 0 Å². The van der Waals surface area contributed by atoms with Crippen molar-refractivity contribution in [2.45, 2.75) is 33.2 Å². The van der Waals surface area contributed by atoms with Crippen molar-refractivity contribution in [1.29, 1.82) is 0 Å². The molecule has 3 nitrogen and oxygen atoms in total. The van der Waals surface area contributed by atoms with Crippen molar-refractivity contribution in [2.24, 2.45) is 5.73 Å². The van der Waals surface area contributed by atoms with Gasteiger partial charge in [-0.25, -0.2) is 0 Å². The standard InChI is InChI=1S/C14H24N2O/c1-4-17-14-6-5-13(9-11(14)2)7-8-16-10-12(3)15/h5-6,9,12,16H,4,7-8,10,15H2,1-3H3. The summed E-state index contributed by atoms with van der Waals surface area (Å²) in [4.78, 5) is 0. The van der Waals surface area contributed by atoms with E-state index in [1.165, 1.54) is 11.1 Å². The van der Waals surface area contributed by atoms with Crippen LogP contribution in [0.4, 0.5) is 0 Å². The van der Waals surface area contributed by atoms with E-state index < -0.39 is 0 Å². The van der Waals surface area contributed by atoms with Gasteiger partial charge in [-0.05, 0) is 50.9 Å². The van der Waals surface area contributed by atoms with Crippen LogP contribution in [-0.2, 0) is 6.42 Å². The predicted molar refractivity (Wildman–Crippen MR) is 72.6 cm³/mol. The highest BCUT2D eigenvalue weighted by molar-refractivity contribution is 5.36. The molecule has 0 saturated carbocycles. The molecule has 0 spiro atoms. The van der Waals surface area contributed by atoms with Gasteiger partial charge in [-0.1, -0.05) is 12.1 Å². The molecule has 0 amide bonds. The largest absolute Gasteiger partial charge is 0.494 e. The molecular formula is C14H24N2O. The minimum atomic E-state index is 0.220. The molecule has 1 aromatic rings. The summed E-state index contributed by atoms with van der Waals surface area (Å²) in [7, 11) is 0. The minimum Gasteiger partial charge on any atom is -0.494 e. The quantitative estimate of drug-likeness (QED) is 0.711. The van der Waals surface area contributed by atoms with Gasteiger partial charge in [0.15, 0.2) is 0 Å². The van der Waals surface area contributed by atoms with Crippen LogP contribution in [0.2, 0.25) is 0 Å². The summed E-state index contributed by atoms with van der Waals surface area (Å²) in [5.41, 5.74) is 8.21. The molecule has 3 heteroatoms. The molecule has 0 radical (unpaired) electrons. The first kappa shape index (κ1) is 14.0. The molecule has 1 atom stereocenters. The van der Waals surface area contributed by atoms with Gasteiger partial charge in [0.05, 0.1) is 6.61 Å². The summed E-state index contributed by atoms with van der Waals surface area (Å²) in [5.74, 6) is 0.986. The minimum absolute atomic E-state index is 0.220. The van der Waals surface area contributed by atoms with Gasteiger partial charge < -0.3 is 15.8 Å². The van der Waals surface area contributed by atoms with E-state index in [-0.39, 0.29) is 6.04 Å². The van der Waals surface area contributed by atoms with Gasteiger partial charge in [0.2, 0.25) is 0 Å². The third-order valence-electron chi connectivity index (χ3n) is 2.60. The Bertz CT molecular complexity index is 337. The molecule has 17 heavy (non-hydrogen) atoms. The van der Waals surface area contributed by atoms with Crippen molar-refractivity contribution in [3.8, 4) is 5.75 Å². The van der Waals surface area contributed by atoms with Gasteiger partial charge in [-0.2, -0.15) is 0 Å². The fraction of sp³-hybridized carbons (Fsp3) is 0.571. The zero-order valence-corrected chi connectivity index (χ0v) is 11.1. The predicted octanol–water partition coefficient (Wildman–Crippen LogP) is 1.87.